The molecule has 0 spiro atoms. The molecule has 142 valence electrons. The van der Waals surface area contributed by atoms with E-state index >= 15 is 0 Å². The first-order valence-electron chi connectivity index (χ1n) is 8.32. The molecule has 2 aromatic carbocycles. The lowest BCUT2D eigenvalue weighted by molar-refractivity contribution is -0.145. The van der Waals surface area contributed by atoms with Crippen LogP contribution in [-0.2, 0) is 24.3 Å². The SMILES string of the molecule is Cc1ccc(S(=O)(=O)N(C)c2ccc(C(=O)OC3CCOC3=O)cc2)cc1. The highest BCUT2D eigenvalue weighted by Crippen LogP contribution is 2.23. The topological polar surface area (TPSA) is 90.0 Å². The second kappa shape index (κ2) is 7.40. The van der Waals surface area contributed by atoms with Gasteiger partial charge in [-0.3, -0.25) is 4.31 Å². The maximum absolute atomic E-state index is 12.7. The largest absolute Gasteiger partial charge is 0.463 e. The molecule has 1 aliphatic heterocycles. The van der Waals surface area contributed by atoms with E-state index in [2.05, 4.69) is 0 Å². The normalized spacial score (nSPS) is 16.7. The molecule has 1 unspecified atom stereocenters. The number of carbonyl (C=O) groups is 2. The molecule has 0 bridgehead atoms. The molecular formula is C19H19NO6S. The van der Waals surface area contributed by atoms with Gasteiger partial charge in [-0.1, -0.05) is 17.7 Å². The zero-order valence-corrected chi connectivity index (χ0v) is 15.7. The molecule has 3 rings (SSSR count). The molecule has 2 aromatic rings. The van der Waals surface area contributed by atoms with Crippen molar-refractivity contribution < 1.29 is 27.5 Å². The third-order valence-corrected chi connectivity index (χ3v) is 6.08. The molecule has 0 aromatic heterocycles. The number of cyclic esters (lactones) is 1. The predicted octanol–water partition coefficient (Wildman–Crippen LogP) is 2.29. The van der Waals surface area contributed by atoms with Crippen LogP contribution >= 0.6 is 0 Å². The number of rotatable bonds is 5. The number of anilines is 1. The summed E-state index contributed by atoms with van der Waals surface area (Å²) >= 11 is 0. The number of hydrogen-bond acceptors (Lipinski definition) is 6. The van der Waals surface area contributed by atoms with Crippen LogP contribution in [-0.4, -0.2) is 40.1 Å². The fourth-order valence-corrected chi connectivity index (χ4v) is 3.79. The fraction of sp³-hybridized carbons (Fsp3) is 0.263. The van der Waals surface area contributed by atoms with Crippen LogP contribution in [0, 0.1) is 6.92 Å². The Labute approximate surface area is 157 Å². The zero-order chi connectivity index (χ0) is 19.6. The Morgan fingerprint density at radius 3 is 2.30 bits per heavy atom. The van der Waals surface area contributed by atoms with E-state index in [0.29, 0.717) is 12.1 Å². The Balaban J connectivity index is 1.75. The predicted molar refractivity (Wildman–Crippen MR) is 98.0 cm³/mol. The first kappa shape index (κ1) is 18.9. The zero-order valence-electron chi connectivity index (χ0n) is 14.9. The minimum atomic E-state index is -3.71. The number of carbonyl (C=O) groups excluding carboxylic acids is 2. The second-order valence-electron chi connectivity index (χ2n) is 6.18. The van der Waals surface area contributed by atoms with Gasteiger partial charge in [0.15, 0.2) is 0 Å². The van der Waals surface area contributed by atoms with Gasteiger partial charge in [-0.2, -0.15) is 0 Å². The molecule has 1 aliphatic rings. The number of aryl methyl sites for hydroxylation is 1. The number of hydrogen-bond donors (Lipinski definition) is 0. The van der Waals surface area contributed by atoms with Gasteiger partial charge in [-0.05, 0) is 43.3 Å². The lowest BCUT2D eigenvalue weighted by Gasteiger charge is -2.20. The third kappa shape index (κ3) is 3.95. The Hall–Kier alpha value is -2.87. The number of nitrogens with zero attached hydrogens (tertiary/aromatic N) is 1. The van der Waals surface area contributed by atoms with Crippen LogP contribution in [0.2, 0.25) is 0 Å². The van der Waals surface area contributed by atoms with Crippen molar-refractivity contribution in [1.29, 1.82) is 0 Å². The highest BCUT2D eigenvalue weighted by Gasteiger charge is 2.30. The van der Waals surface area contributed by atoms with Crippen LogP contribution in [0.4, 0.5) is 5.69 Å². The maximum Gasteiger partial charge on any atom is 0.347 e. The molecule has 1 fully saturated rings. The van der Waals surface area contributed by atoms with Crippen LogP contribution < -0.4 is 4.31 Å². The Morgan fingerprint density at radius 1 is 1.11 bits per heavy atom. The van der Waals surface area contributed by atoms with E-state index in [9.17, 15) is 18.0 Å². The van der Waals surface area contributed by atoms with Crippen LogP contribution in [0.15, 0.2) is 53.4 Å². The summed E-state index contributed by atoms with van der Waals surface area (Å²) < 4.78 is 36.4. The van der Waals surface area contributed by atoms with E-state index in [1.165, 1.54) is 31.3 Å². The van der Waals surface area contributed by atoms with Gasteiger partial charge in [0.25, 0.3) is 10.0 Å². The summed E-state index contributed by atoms with van der Waals surface area (Å²) in [5.74, 6) is -1.21. The fourth-order valence-electron chi connectivity index (χ4n) is 2.60. The molecular weight excluding hydrogens is 370 g/mol. The first-order valence-corrected chi connectivity index (χ1v) is 9.76. The smallest absolute Gasteiger partial charge is 0.347 e. The highest BCUT2D eigenvalue weighted by molar-refractivity contribution is 7.92. The van der Waals surface area contributed by atoms with Crippen LogP contribution in [0.25, 0.3) is 0 Å². The molecule has 0 amide bonds. The summed E-state index contributed by atoms with van der Waals surface area (Å²) in [6.07, 6.45) is -0.554. The van der Waals surface area contributed by atoms with E-state index in [0.717, 1.165) is 9.87 Å². The molecule has 0 N–H and O–H groups in total. The van der Waals surface area contributed by atoms with Crippen molar-refractivity contribution in [3.8, 4) is 0 Å². The average molecular weight is 389 g/mol. The van der Waals surface area contributed by atoms with Gasteiger partial charge in [-0.25, -0.2) is 18.0 Å². The molecule has 7 nitrogen and oxygen atoms in total. The molecule has 0 aliphatic carbocycles. The van der Waals surface area contributed by atoms with Crippen molar-refractivity contribution >= 4 is 27.6 Å². The number of esters is 2. The Bertz CT molecular complexity index is 951. The molecule has 0 radical (unpaired) electrons. The van der Waals surface area contributed by atoms with Crippen molar-refractivity contribution in [2.45, 2.75) is 24.3 Å². The average Bonchev–Trinajstić information content (AvgIpc) is 3.06. The van der Waals surface area contributed by atoms with Crippen molar-refractivity contribution in [1.82, 2.24) is 0 Å². The van der Waals surface area contributed by atoms with Gasteiger partial charge in [-0.15, -0.1) is 0 Å². The molecule has 8 heteroatoms. The summed E-state index contributed by atoms with van der Waals surface area (Å²) in [5.41, 5.74) is 1.58. The number of benzene rings is 2. The van der Waals surface area contributed by atoms with Gasteiger partial charge >= 0.3 is 11.9 Å². The van der Waals surface area contributed by atoms with E-state index < -0.39 is 28.1 Å². The summed E-state index contributed by atoms with van der Waals surface area (Å²) in [6.45, 7) is 2.11. The number of sulfonamides is 1. The quantitative estimate of drug-likeness (QED) is 0.729. The number of ether oxygens (including phenoxy) is 2. The minimum absolute atomic E-state index is 0.179. The molecule has 27 heavy (non-hydrogen) atoms. The van der Waals surface area contributed by atoms with E-state index in [1.54, 1.807) is 24.3 Å². The van der Waals surface area contributed by atoms with Crippen LogP contribution in [0.1, 0.15) is 22.3 Å². The summed E-state index contributed by atoms with van der Waals surface area (Å²) in [6, 6.07) is 12.5. The van der Waals surface area contributed by atoms with Gasteiger partial charge in [0.1, 0.15) is 0 Å². The lowest BCUT2D eigenvalue weighted by atomic mass is 10.2. The van der Waals surface area contributed by atoms with Crippen LogP contribution in [0.5, 0.6) is 0 Å². The van der Waals surface area contributed by atoms with Crippen molar-refractivity contribution in [3.63, 3.8) is 0 Å². The standard InChI is InChI=1S/C19H19NO6S/c1-13-3-9-16(10-4-13)27(23,24)20(2)15-7-5-14(6-8-15)18(21)26-17-11-12-25-19(17)22/h3-10,17H,11-12H2,1-2H3. The molecule has 0 saturated carbocycles. The monoisotopic (exact) mass is 389 g/mol. The summed E-state index contributed by atoms with van der Waals surface area (Å²) in [4.78, 5) is 23.7. The maximum atomic E-state index is 12.7. The van der Waals surface area contributed by atoms with Gasteiger partial charge in [0.2, 0.25) is 6.10 Å². The lowest BCUT2D eigenvalue weighted by Crippen LogP contribution is -2.26. The summed E-state index contributed by atoms with van der Waals surface area (Å²) in [5, 5.41) is 0. The van der Waals surface area contributed by atoms with Crippen molar-refractivity contribution in [2.24, 2.45) is 0 Å². The molecule has 1 atom stereocenters. The van der Waals surface area contributed by atoms with Gasteiger partial charge < -0.3 is 9.47 Å². The Kier molecular flexibility index (Phi) is 5.18. The van der Waals surface area contributed by atoms with E-state index in [4.69, 9.17) is 9.47 Å². The van der Waals surface area contributed by atoms with E-state index in [1.807, 2.05) is 6.92 Å². The van der Waals surface area contributed by atoms with Gasteiger partial charge in [0.05, 0.1) is 22.8 Å². The van der Waals surface area contributed by atoms with E-state index in [-0.39, 0.29) is 17.1 Å². The van der Waals surface area contributed by atoms with Crippen LogP contribution in [0.3, 0.4) is 0 Å². The van der Waals surface area contributed by atoms with Crippen molar-refractivity contribution in [3.05, 3.63) is 59.7 Å². The second-order valence-corrected chi connectivity index (χ2v) is 8.15. The molecule has 1 saturated heterocycles. The first-order chi connectivity index (χ1) is 12.8. The molecule has 1 heterocycles. The third-order valence-electron chi connectivity index (χ3n) is 4.28. The minimum Gasteiger partial charge on any atom is -0.463 e. The highest BCUT2D eigenvalue weighted by atomic mass is 32.2. The van der Waals surface area contributed by atoms with Gasteiger partial charge in [0, 0.05) is 13.5 Å². The Morgan fingerprint density at radius 2 is 1.74 bits per heavy atom. The van der Waals surface area contributed by atoms with Crippen molar-refractivity contribution in [2.75, 3.05) is 18.0 Å². The summed E-state index contributed by atoms with van der Waals surface area (Å²) in [7, 11) is -2.27.